The van der Waals surface area contributed by atoms with Crippen LogP contribution in [0.2, 0.25) is 0 Å². The van der Waals surface area contributed by atoms with E-state index in [1.54, 1.807) is 29.5 Å². The molecule has 4 aromatic carbocycles. The molecule has 1 aromatic heterocycles. The number of hydrogen-bond acceptors (Lipinski definition) is 2. The Morgan fingerprint density at radius 2 is 0.536 bits per heavy atom. The number of halogens is 20. The predicted octanol–water partition coefficient (Wildman–Crippen LogP) is 6.44. The fourth-order valence-corrected chi connectivity index (χ4v) is 5.56. The number of rotatable bonds is 5. The second-order valence-corrected chi connectivity index (χ2v) is 12.1. The molecular weight excluding hydrogens is 819 g/mol. The maximum absolute atomic E-state index is 15.4. The first kappa shape index (κ1) is 43.2. The fraction of sp³-hybridized carbons (Fsp3) is 0.125. The molecule has 3 nitrogen and oxygen atoms in total. The molecule has 5 aromatic rings. The highest BCUT2D eigenvalue weighted by Gasteiger charge is 2.52. The highest BCUT2D eigenvalue weighted by molar-refractivity contribution is 7.20. The molecule has 1 heterocycles. The molecule has 0 bridgehead atoms. The van der Waals surface area contributed by atoms with Crippen LogP contribution in [-0.4, -0.2) is 16.7 Å². The molecule has 56 heavy (non-hydrogen) atoms. The molecule has 0 saturated carbocycles. The van der Waals surface area contributed by atoms with E-state index >= 15 is 35.1 Å². The highest BCUT2D eigenvalue weighted by Crippen LogP contribution is 2.30. The van der Waals surface area contributed by atoms with Gasteiger partial charge < -0.3 is 0 Å². The third-order valence-corrected chi connectivity index (χ3v) is 7.69. The number of benzene rings is 4. The van der Waals surface area contributed by atoms with Crippen molar-refractivity contribution in [3.63, 3.8) is 0 Å². The smallest absolute Gasteiger partial charge is 0.240 e. The zero-order chi connectivity index (χ0) is 42.7. The van der Waals surface area contributed by atoms with Crippen molar-refractivity contribution >= 4 is 28.0 Å². The summed E-state index contributed by atoms with van der Waals surface area (Å²) in [6, 6.07) is 0. The summed E-state index contributed by atoms with van der Waals surface area (Å²) in [7, 11) is 0. The highest BCUT2D eigenvalue weighted by atomic mass is 19.2. The molecule has 300 valence electrons. The van der Waals surface area contributed by atoms with Gasteiger partial charge in [0.05, 0.1) is 12.4 Å². The maximum Gasteiger partial charge on any atom is 0.240 e. The molecule has 0 saturated heterocycles. The standard InChI is InChI=1S/C24BF20.C8H13N2O/c26-5-1(6(27)14(35)21(42)13(5)34)25(2-7(28)15(36)22(43)16(37)8(2)29,3-9(30)17(38)23(44)18(39)10(3)31)4-11(32)19(40)24(45)20(41)12(4)33;1-8(2,3)11-10-6-4-9-5-7-10/h;4-7H,1-3H3/q-1;+1. The Kier molecular flexibility index (Phi) is 11.7. The van der Waals surface area contributed by atoms with Gasteiger partial charge in [0.15, 0.2) is 75.4 Å². The van der Waals surface area contributed by atoms with E-state index in [2.05, 4.69) is 4.98 Å². The van der Waals surface area contributed by atoms with Gasteiger partial charge in [-0.1, -0.05) is 0 Å². The van der Waals surface area contributed by atoms with E-state index in [0.29, 0.717) is 0 Å². The average molecular weight is 832 g/mol. The van der Waals surface area contributed by atoms with Crippen LogP contribution < -0.4 is 31.4 Å². The quantitative estimate of drug-likeness (QED) is 0.0671. The van der Waals surface area contributed by atoms with Gasteiger partial charge in [0.2, 0.25) is 12.4 Å². The number of nitrogens with zero attached hydrogens (tertiary/aromatic N) is 2. The van der Waals surface area contributed by atoms with Crippen LogP contribution in [0.3, 0.4) is 0 Å². The van der Waals surface area contributed by atoms with E-state index in [4.69, 9.17) is 4.84 Å². The van der Waals surface area contributed by atoms with Gasteiger partial charge in [-0.2, -0.15) is 0 Å². The second kappa shape index (κ2) is 15.2. The fourth-order valence-electron chi connectivity index (χ4n) is 5.56. The van der Waals surface area contributed by atoms with Crippen LogP contribution in [-0.2, 0) is 0 Å². The van der Waals surface area contributed by atoms with Crippen molar-refractivity contribution in [2.75, 3.05) is 0 Å². The molecule has 0 aliphatic rings. The van der Waals surface area contributed by atoms with Crippen LogP contribution in [0.4, 0.5) is 87.8 Å². The van der Waals surface area contributed by atoms with E-state index in [1.807, 2.05) is 20.8 Å². The van der Waals surface area contributed by atoms with Crippen molar-refractivity contribution in [3.05, 3.63) is 141 Å². The monoisotopic (exact) mass is 832 g/mol. The van der Waals surface area contributed by atoms with Crippen LogP contribution in [0.15, 0.2) is 24.8 Å². The first-order chi connectivity index (χ1) is 25.8. The third kappa shape index (κ3) is 6.71. The summed E-state index contributed by atoms with van der Waals surface area (Å²) in [5.74, 6) is -71.4. The number of aromatic nitrogens is 2. The van der Waals surface area contributed by atoms with Gasteiger partial charge in [-0.3, -0.25) is 9.82 Å². The Morgan fingerprint density at radius 3 is 0.714 bits per heavy atom. The summed E-state index contributed by atoms with van der Waals surface area (Å²) in [6.45, 7) is 6.00. The Hall–Kier alpha value is -5.58. The zero-order valence-electron chi connectivity index (χ0n) is 27.2. The zero-order valence-corrected chi connectivity index (χ0v) is 27.2. The molecule has 0 fully saturated rings. The molecule has 0 aliphatic heterocycles. The molecule has 0 unspecified atom stereocenters. The van der Waals surface area contributed by atoms with E-state index in [0.717, 1.165) is 0 Å². The summed E-state index contributed by atoms with van der Waals surface area (Å²) >= 11 is 0. The van der Waals surface area contributed by atoms with Crippen molar-refractivity contribution in [2.45, 2.75) is 26.4 Å². The first-order valence-corrected chi connectivity index (χ1v) is 14.5. The summed E-state index contributed by atoms with van der Waals surface area (Å²) in [5.41, 5.74) is -14.5. The molecule has 0 radical (unpaired) electrons. The lowest BCUT2D eigenvalue weighted by Crippen LogP contribution is -2.81. The van der Waals surface area contributed by atoms with E-state index in [-0.39, 0.29) is 5.60 Å². The van der Waals surface area contributed by atoms with E-state index < -0.39 is 144 Å². The Bertz CT molecular complexity index is 2010. The molecule has 0 spiro atoms. The lowest BCUT2D eigenvalue weighted by Gasteiger charge is -2.44. The van der Waals surface area contributed by atoms with Gasteiger partial charge in [-0.25, -0.2) is 87.8 Å². The Balaban J connectivity index is 0.000000544. The SMILES string of the molecule is CC(C)(C)O[n+]1ccncc1.Fc1c(F)c(F)c([B-](c2c(F)c(F)c(F)c(F)c2F)(c2c(F)c(F)c(F)c(F)c2F)c2c(F)c(F)c(F)c(F)c2F)c(F)c1F. The lowest BCUT2D eigenvalue weighted by atomic mass is 9.12. The summed E-state index contributed by atoms with van der Waals surface area (Å²) in [4.78, 5) is 9.35. The van der Waals surface area contributed by atoms with Crippen LogP contribution in [0, 0.1) is 116 Å². The van der Waals surface area contributed by atoms with Gasteiger partial charge in [0.1, 0.15) is 52.7 Å². The maximum atomic E-state index is 15.4. The minimum absolute atomic E-state index is 0.161. The summed E-state index contributed by atoms with van der Waals surface area (Å²) in [6.07, 6.45) is -0.306. The van der Waals surface area contributed by atoms with Crippen molar-refractivity contribution in [1.82, 2.24) is 4.98 Å². The van der Waals surface area contributed by atoms with Crippen molar-refractivity contribution in [2.24, 2.45) is 0 Å². The molecule has 0 atom stereocenters. The van der Waals surface area contributed by atoms with Gasteiger partial charge >= 0.3 is 0 Å². The normalized spacial score (nSPS) is 11.8. The van der Waals surface area contributed by atoms with Crippen LogP contribution in [0.5, 0.6) is 0 Å². The van der Waals surface area contributed by atoms with Crippen molar-refractivity contribution in [1.29, 1.82) is 0 Å². The summed E-state index contributed by atoms with van der Waals surface area (Å²) in [5, 5.41) is 0. The minimum atomic E-state index is -7.22. The van der Waals surface area contributed by atoms with Crippen molar-refractivity contribution < 1.29 is 97.4 Å². The lowest BCUT2D eigenvalue weighted by molar-refractivity contribution is -0.906. The molecular formula is C32H13BF20N2O. The van der Waals surface area contributed by atoms with Gasteiger partial charge in [-0.15, -0.1) is 21.9 Å². The van der Waals surface area contributed by atoms with E-state index in [1.165, 1.54) is 0 Å². The molecule has 0 N–H and O–H groups in total. The van der Waals surface area contributed by atoms with Crippen LogP contribution in [0.25, 0.3) is 0 Å². The third-order valence-electron chi connectivity index (χ3n) is 7.69. The van der Waals surface area contributed by atoms with Gasteiger partial charge in [-0.05, 0) is 20.8 Å². The largest absolute Gasteiger partial charge is 0.266 e. The van der Waals surface area contributed by atoms with E-state index in [9.17, 15) is 52.7 Å². The first-order valence-electron chi connectivity index (χ1n) is 14.5. The Labute approximate surface area is 298 Å². The topological polar surface area (TPSA) is 26.0 Å². The Morgan fingerprint density at radius 1 is 0.357 bits per heavy atom. The minimum Gasteiger partial charge on any atom is -0.266 e. The van der Waals surface area contributed by atoms with Gasteiger partial charge in [0, 0.05) is 4.73 Å². The summed E-state index contributed by atoms with van der Waals surface area (Å²) < 4.78 is 296. The average Bonchev–Trinajstić information content (AvgIpc) is 3.14. The predicted molar refractivity (Wildman–Crippen MR) is 150 cm³/mol. The van der Waals surface area contributed by atoms with Crippen LogP contribution in [0.1, 0.15) is 20.8 Å². The molecule has 0 amide bonds. The molecule has 0 aliphatic carbocycles. The molecule has 24 heteroatoms. The van der Waals surface area contributed by atoms with Gasteiger partial charge in [0.25, 0.3) is 0 Å². The number of hydrogen-bond donors (Lipinski definition) is 0. The second-order valence-electron chi connectivity index (χ2n) is 12.1. The van der Waals surface area contributed by atoms with Crippen LogP contribution >= 0.6 is 0 Å². The molecule has 5 rings (SSSR count). The van der Waals surface area contributed by atoms with Crippen molar-refractivity contribution in [3.8, 4) is 0 Å².